The minimum absolute atomic E-state index is 0.0552. The number of phosphoric acid groups is 1. The molecule has 0 unspecified atom stereocenters. The highest BCUT2D eigenvalue weighted by Crippen LogP contribution is 2.37. The van der Waals surface area contributed by atoms with Crippen LogP contribution in [0.4, 0.5) is 0 Å². The Balaban J connectivity index is 2.44. The summed E-state index contributed by atoms with van der Waals surface area (Å²) in [7, 11) is -2.68. The van der Waals surface area contributed by atoms with E-state index in [0.717, 1.165) is 0 Å². The molecule has 3 N–H and O–H groups in total. The van der Waals surface area contributed by atoms with Gasteiger partial charge in [-0.1, -0.05) is 6.92 Å². The summed E-state index contributed by atoms with van der Waals surface area (Å²) in [6.45, 7) is 1.52. The quantitative estimate of drug-likeness (QED) is 0.396. The molecule has 0 saturated carbocycles. The summed E-state index contributed by atoms with van der Waals surface area (Å²) in [4.78, 5) is 16.9. The summed E-state index contributed by atoms with van der Waals surface area (Å²) in [5, 5.41) is 9.57. The number of aliphatic hydroxyl groups excluding tert-OH is 1. The van der Waals surface area contributed by atoms with E-state index in [4.69, 9.17) is 14.5 Å². The molecule has 0 amide bonds. The largest absolute Gasteiger partial charge is 0.469 e. The molecule has 0 aliphatic carbocycles. The molecule has 1 saturated heterocycles. The third-order valence-corrected chi connectivity index (χ3v) is 2.94. The van der Waals surface area contributed by atoms with Gasteiger partial charge in [0.2, 0.25) is 0 Å². The molecular formula is C6H14BO6P. The second-order valence-electron chi connectivity index (χ2n) is 3.52. The topological polar surface area (TPSA) is 96.2 Å². The normalized spacial score (nSPS) is 38.9. The van der Waals surface area contributed by atoms with Gasteiger partial charge in [0.05, 0.1) is 12.7 Å². The Labute approximate surface area is 82.9 Å². The molecule has 6 nitrogen and oxygen atoms in total. The van der Waals surface area contributed by atoms with Crippen molar-refractivity contribution in [3.8, 4) is 0 Å². The summed E-state index contributed by atoms with van der Waals surface area (Å²) in [5.74, 6) is -0.0552. The minimum Gasteiger partial charge on any atom is -0.390 e. The molecule has 1 rings (SSSR count). The predicted octanol–water partition coefficient (Wildman–Crippen LogP) is -1.55. The second-order valence-corrected chi connectivity index (χ2v) is 4.76. The Morgan fingerprint density at radius 2 is 2.14 bits per heavy atom. The molecular weight excluding hydrogens is 210 g/mol. The Hall–Kier alpha value is 0.0949. The van der Waals surface area contributed by atoms with Crippen molar-refractivity contribution in [3.63, 3.8) is 0 Å². The Morgan fingerprint density at radius 3 is 2.50 bits per heavy atom. The lowest BCUT2D eigenvalue weighted by Crippen LogP contribution is -2.29. The van der Waals surface area contributed by atoms with Gasteiger partial charge in [0.15, 0.2) is 0 Å². The average Bonchev–Trinajstić information content (AvgIpc) is 2.28. The predicted molar refractivity (Wildman–Crippen MR) is 50.4 cm³/mol. The van der Waals surface area contributed by atoms with Crippen LogP contribution in [0.15, 0.2) is 0 Å². The number of ether oxygens (including phenoxy) is 1. The Morgan fingerprint density at radius 1 is 1.57 bits per heavy atom. The number of hydrogen-bond acceptors (Lipinski definition) is 4. The van der Waals surface area contributed by atoms with E-state index in [9.17, 15) is 9.67 Å². The molecule has 1 aliphatic rings. The maximum absolute atomic E-state index is 10.4. The van der Waals surface area contributed by atoms with E-state index >= 15 is 0 Å². The molecule has 0 aromatic heterocycles. The number of aliphatic hydroxyl groups is 1. The number of hydrogen-bond donors (Lipinski definition) is 3. The summed E-state index contributed by atoms with van der Waals surface area (Å²) in [6, 6.07) is -0.129. The lowest BCUT2D eigenvalue weighted by molar-refractivity contribution is -0.00501. The Bertz CT molecular complexity index is 242. The lowest BCUT2D eigenvalue weighted by atomic mass is 9.86. The van der Waals surface area contributed by atoms with Gasteiger partial charge in [-0.15, -0.1) is 0 Å². The zero-order valence-corrected chi connectivity index (χ0v) is 8.92. The van der Waals surface area contributed by atoms with Crippen molar-refractivity contribution in [2.75, 3.05) is 6.61 Å². The fraction of sp³-hybridized carbons (Fsp3) is 1.00. The van der Waals surface area contributed by atoms with Crippen LogP contribution in [0, 0.1) is 5.92 Å². The van der Waals surface area contributed by atoms with E-state index < -0.39 is 20.0 Å². The van der Waals surface area contributed by atoms with Gasteiger partial charge in [-0.05, 0) is 0 Å². The van der Waals surface area contributed by atoms with Crippen LogP contribution in [0.1, 0.15) is 6.92 Å². The molecule has 14 heavy (non-hydrogen) atoms. The van der Waals surface area contributed by atoms with E-state index in [1.165, 1.54) is 0 Å². The average molecular weight is 224 g/mol. The minimum atomic E-state index is -4.48. The van der Waals surface area contributed by atoms with Crippen LogP contribution in [-0.4, -0.2) is 47.6 Å². The zero-order chi connectivity index (χ0) is 10.9. The van der Waals surface area contributed by atoms with Crippen LogP contribution >= 0.6 is 7.82 Å². The highest BCUT2D eigenvalue weighted by Gasteiger charge is 2.39. The first-order valence-corrected chi connectivity index (χ1v) is 5.88. The third-order valence-electron chi connectivity index (χ3n) is 2.46. The highest BCUT2D eigenvalue weighted by atomic mass is 31.2. The molecule has 8 heteroatoms. The molecule has 0 aromatic rings. The van der Waals surface area contributed by atoms with Gasteiger partial charge >= 0.3 is 7.82 Å². The van der Waals surface area contributed by atoms with Crippen LogP contribution in [0.25, 0.3) is 0 Å². The van der Waals surface area contributed by atoms with Gasteiger partial charge < -0.3 is 19.6 Å². The first-order valence-electron chi connectivity index (χ1n) is 4.35. The number of phosphoric ester groups is 1. The Kier molecular flexibility index (Phi) is 3.74. The van der Waals surface area contributed by atoms with Crippen molar-refractivity contribution < 1.29 is 28.7 Å². The molecule has 82 valence electrons. The molecule has 0 spiro atoms. The molecule has 1 heterocycles. The smallest absolute Gasteiger partial charge is 0.390 e. The first-order chi connectivity index (χ1) is 6.31. The van der Waals surface area contributed by atoms with Crippen molar-refractivity contribution >= 4 is 15.7 Å². The van der Waals surface area contributed by atoms with Crippen molar-refractivity contribution in [2.45, 2.75) is 25.1 Å². The van der Waals surface area contributed by atoms with Gasteiger partial charge in [0.1, 0.15) is 14.0 Å². The summed E-state index contributed by atoms with van der Waals surface area (Å²) in [6.07, 6.45) is -1.40. The van der Waals surface area contributed by atoms with Crippen LogP contribution in [0.2, 0.25) is 0 Å². The molecule has 0 aromatic carbocycles. The van der Waals surface area contributed by atoms with Crippen LogP contribution in [0.3, 0.4) is 0 Å². The van der Waals surface area contributed by atoms with Crippen LogP contribution in [-0.2, 0) is 13.8 Å². The lowest BCUT2D eigenvalue weighted by Gasteiger charge is -2.15. The molecule has 1 aliphatic heterocycles. The van der Waals surface area contributed by atoms with E-state index in [0.29, 0.717) is 0 Å². The summed E-state index contributed by atoms with van der Waals surface area (Å²) in [5.41, 5.74) is 0. The van der Waals surface area contributed by atoms with Gasteiger partial charge in [0, 0.05) is 11.9 Å². The van der Waals surface area contributed by atoms with Crippen LogP contribution in [0.5, 0.6) is 0 Å². The summed E-state index contributed by atoms with van der Waals surface area (Å²) < 4.78 is 19.9. The van der Waals surface area contributed by atoms with Gasteiger partial charge in [-0.3, -0.25) is 4.52 Å². The van der Waals surface area contributed by atoms with Gasteiger partial charge in [0.25, 0.3) is 0 Å². The molecule has 4 atom stereocenters. The maximum atomic E-state index is 10.4. The first kappa shape index (κ1) is 12.2. The zero-order valence-electron chi connectivity index (χ0n) is 8.03. The van der Waals surface area contributed by atoms with Crippen LogP contribution < -0.4 is 0 Å². The molecule has 1 fully saturated rings. The fourth-order valence-electron chi connectivity index (χ4n) is 1.40. The third kappa shape index (κ3) is 3.05. The van der Waals surface area contributed by atoms with Crippen molar-refractivity contribution in [1.29, 1.82) is 0 Å². The van der Waals surface area contributed by atoms with Crippen molar-refractivity contribution in [3.05, 3.63) is 0 Å². The van der Waals surface area contributed by atoms with E-state index in [1.807, 2.05) is 6.92 Å². The van der Waals surface area contributed by atoms with E-state index in [2.05, 4.69) is 4.52 Å². The van der Waals surface area contributed by atoms with E-state index in [-0.39, 0.29) is 18.5 Å². The standard InChI is InChI=1S/C6H14BO6P/c1-3-5(8)4(13-6(3)7)2-12-14(9,10)11/h3-6,8H,2,7H2,1H3,(H2,9,10,11)/t3-,4-,5+,6-/m1/s1. The molecule has 0 bridgehead atoms. The van der Waals surface area contributed by atoms with E-state index in [1.54, 1.807) is 7.85 Å². The monoisotopic (exact) mass is 224 g/mol. The van der Waals surface area contributed by atoms with Gasteiger partial charge in [-0.25, -0.2) is 4.57 Å². The molecule has 0 radical (unpaired) electrons. The fourth-order valence-corrected chi connectivity index (χ4v) is 1.75. The SMILES string of the molecule is B[C@@H]1O[C@H](COP(=O)(O)O)[C@@H](O)[C@H]1C. The number of rotatable bonds is 3. The maximum Gasteiger partial charge on any atom is 0.469 e. The second kappa shape index (κ2) is 4.30. The van der Waals surface area contributed by atoms with Gasteiger partial charge in [-0.2, -0.15) is 0 Å². The highest BCUT2D eigenvalue weighted by molar-refractivity contribution is 7.46. The summed E-state index contributed by atoms with van der Waals surface area (Å²) >= 11 is 0. The van der Waals surface area contributed by atoms with Crippen molar-refractivity contribution in [2.24, 2.45) is 5.92 Å². The van der Waals surface area contributed by atoms with Crippen molar-refractivity contribution in [1.82, 2.24) is 0 Å².